The van der Waals surface area contributed by atoms with Crippen molar-refractivity contribution in [1.82, 2.24) is 15.1 Å². The molecule has 5 nitrogen and oxygen atoms in total. The van der Waals surface area contributed by atoms with Gasteiger partial charge in [-0.1, -0.05) is 33.6 Å². The van der Waals surface area contributed by atoms with Crippen LogP contribution in [-0.2, 0) is 7.05 Å². The second kappa shape index (κ2) is 7.24. The molecule has 2 heterocycles. The van der Waals surface area contributed by atoms with Gasteiger partial charge in [-0.05, 0) is 18.4 Å². The Balaban J connectivity index is 2.20. The van der Waals surface area contributed by atoms with Gasteiger partial charge < -0.3 is 11.1 Å². The molecule has 2 aromatic rings. The number of amides is 1. The SMILES string of the molecule is CCCCC(CN)NC(=O)c1cc2c(C(C)C)nn(C)c2s1. The topological polar surface area (TPSA) is 72.9 Å². The lowest BCUT2D eigenvalue weighted by atomic mass is 10.1. The summed E-state index contributed by atoms with van der Waals surface area (Å²) in [5, 5.41) is 8.68. The first-order valence-corrected chi connectivity index (χ1v) is 8.76. The van der Waals surface area contributed by atoms with Crippen LogP contribution in [0.2, 0.25) is 0 Å². The number of aryl methyl sites for hydroxylation is 1. The van der Waals surface area contributed by atoms with Gasteiger partial charge >= 0.3 is 0 Å². The molecule has 1 atom stereocenters. The van der Waals surface area contributed by atoms with E-state index in [4.69, 9.17) is 5.73 Å². The second-order valence-electron chi connectivity index (χ2n) is 6.04. The Kier molecular flexibility index (Phi) is 5.58. The second-order valence-corrected chi connectivity index (χ2v) is 7.07. The predicted molar refractivity (Wildman–Crippen MR) is 92.5 cm³/mol. The molecule has 6 heteroatoms. The van der Waals surface area contributed by atoms with E-state index >= 15 is 0 Å². The maximum Gasteiger partial charge on any atom is 0.261 e. The van der Waals surface area contributed by atoms with E-state index < -0.39 is 0 Å². The molecule has 0 aliphatic carbocycles. The number of unbranched alkanes of at least 4 members (excludes halogenated alkanes) is 1. The van der Waals surface area contributed by atoms with E-state index in [1.54, 1.807) is 0 Å². The maximum absolute atomic E-state index is 12.5. The van der Waals surface area contributed by atoms with Crippen LogP contribution >= 0.6 is 11.3 Å². The minimum Gasteiger partial charge on any atom is -0.347 e. The predicted octanol–water partition coefficient (Wildman–Crippen LogP) is 3.01. The number of thiophene rings is 1. The average Bonchev–Trinajstić information content (AvgIpc) is 3.04. The first-order valence-electron chi connectivity index (χ1n) is 7.95. The van der Waals surface area contributed by atoms with Crippen LogP contribution in [-0.4, -0.2) is 28.3 Å². The fourth-order valence-electron chi connectivity index (χ4n) is 2.56. The third-order valence-corrected chi connectivity index (χ3v) is 5.04. The van der Waals surface area contributed by atoms with Crippen molar-refractivity contribution in [2.24, 2.45) is 12.8 Å². The summed E-state index contributed by atoms with van der Waals surface area (Å²) in [5.41, 5.74) is 6.81. The van der Waals surface area contributed by atoms with Gasteiger partial charge in [0.1, 0.15) is 4.83 Å². The summed E-state index contributed by atoms with van der Waals surface area (Å²) in [6, 6.07) is 2.02. The summed E-state index contributed by atoms with van der Waals surface area (Å²) >= 11 is 1.49. The Labute approximate surface area is 135 Å². The number of hydrogen-bond donors (Lipinski definition) is 2. The van der Waals surface area contributed by atoms with E-state index in [0.29, 0.717) is 12.5 Å². The van der Waals surface area contributed by atoms with Crippen molar-refractivity contribution in [2.45, 2.75) is 52.0 Å². The molecule has 0 bridgehead atoms. The minimum absolute atomic E-state index is 0.0255. The summed E-state index contributed by atoms with van der Waals surface area (Å²) in [5.74, 6) is 0.318. The Morgan fingerprint density at radius 1 is 1.50 bits per heavy atom. The number of carbonyl (C=O) groups is 1. The van der Waals surface area contributed by atoms with Crippen LogP contribution in [0.25, 0.3) is 10.2 Å². The fourth-order valence-corrected chi connectivity index (χ4v) is 3.54. The molecular formula is C16H26N4OS. The van der Waals surface area contributed by atoms with E-state index in [0.717, 1.165) is 40.1 Å². The Bertz CT molecular complexity index is 644. The number of aromatic nitrogens is 2. The summed E-state index contributed by atoms with van der Waals surface area (Å²) in [7, 11) is 1.93. The zero-order chi connectivity index (χ0) is 16.3. The monoisotopic (exact) mass is 322 g/mol. The van der Waals surface area contributed by atoms with E-state index in [2.05, 4.69) is 31.2 Å². The van der Waals surface area contributed by atoms with E-state index in [1.165, 1.54) is 11.3 Å². The molecule has 0 aliphatic rings. The van der Waals surface area contributed by atoms with Crippen LogP contribution < -0.4 is 11.1 Å². The third-order valence-electron chi connectivity index (χ3n) is 3.84. The zero-order valence-electron chi connectivity index (χ0n) is 13.8. The van der Waals surface area contributed by atoms with E-state index in [-0.39, 0.29) is 11.9 Å². The highest BCUT2D eigenvalue weighted by Gasteiger charge is 2.19. The number of nitrogens with zero attached hydrogens (tertiary/aromatic N) is 2. The largest absolute Gasteiger partial charge is 0.347 e. The van der Waals surface area contributed by atoms with Crippen molar-refractivity contribution in [1.29, 1.82) is 0 Å². The van der Waals surface area contributed by atoms with Gasteiger partial charge in [0.05, 0.1) is 10.6 Å². The first kappa shape index (κ1) is 17.0. The third kappa shape index (κ3) is 3.50. The smallest absolute Gasteiger partial charge is 0.261 e. The first-order chi connectivity index (χ1) is 10.5. The van der Waals surface area contributed by atoms with Gasteiger partial charge in [-0.15, -0.1) is 11.3 Å². The van der Waals surface area contributed by atoms with Crippen LogP contribution in [0.15, 0.2) is 6.07 Å². The molecule has 0 fully saturated rings. The van der Waals surface area contributed by atoms with Crippen molar-refractivity contribution in [3.63, 3.8) is 0 Å². The summed E-state index contributed by atoms with van der Waals surface area (Å²) in [4.78, 5) is 14.2. The van der Waals surface area contributed by atoms with Gasteiger partial charge in [0.25, 0.3) is 5.91 Å². The van der Waals surface area contributed by atoms with E-state index in [1.807, 2.05) is 17.8 Å². The Hall–Kier alpha value is -1.40. The van der Waals surface area contributed by atoms with E-state index in [9.17, 15) is 4.79 Å². The number of fused-ring (bicyclic) bond motifs is 1. The molecule has 0 radical (unpaired) electrons. The molecule has 3 N–H and O–H groups in total. The minimum atomic E-state index is -0.0255. The lowest BCUT2D eigenvalue weighted by Crippen LogP contribution is -2.39. The van der Waals surface area contributed by atoms with Crippen molar-refractivity contribution in [3.05, 3.63) is 16.6 Å². The van der Waals surface area contributed by atoms with Crippen molar-refractivity contribution in [2.75, 3.05) is 6.54 Å². The standard InChI is InChI=1S/C16H26N4OS/c1-5-6-7-11(9-17)18-15(21)13-8-12-14(10(2)3)19-20(4)16(12)22-13/h8,10-11H,5-7,9,17H2,1-4H3,(H,18,21). The van der Waals surface area contributed by atoms with Gasteiger partial charge in [-0.3, -0.25) is 9.48 Å². The number of carbonyl (C=O) groups excluding carboxylic acids is 1. The number of nitrogens with two attached hydrogens (primary N) is 1. The van der Waals surface area contributed by atoms with Crippen molar-refractivity contribution in [3.8, 4) is 0 Å². The molecule has 0 aliphatic heterocycles. The van der Waals surface area contributed by atoms with Crippen molar-refractivity contribution < 1.29 is 4.79 Å². The summed E-state index contributed by atoms with van der Waals surface area (Å²) in [6.45, 7) is 6.86. The molecule has 0 saturated carbocycles. The highest BCUT2D eigenvalue weighted by atomic mass is 32.1. The van der Waals surface area contributed by atoms with Gasteiger partial charge in [0.2, 0.25) is 0 Å². The number of hydrogen-bond acceptors (Lipinski definition) is 4. The molecule has 1 unspecified atom stereocenters. The molecule has 22 heavy (non-hydrogen) atoms. The quantitative estimate of drug-likeness (QED) is 0.823. The number of rotatable bonds is 7. The summed E-state index contributed by atoms with van der Waals surface area (Å²) in [6.07, 6.45) is 3.12. The van der Waals surface area contributed by atoms with Crippen LogP contribution in [0.1, 0.15) is 61.3 Å². The van der Waals surface area contributed by atoms with Crippen molar-refractivity contribution >= 4 is 27.5 Å². The molecule has 2 rings (SSSR count). The normalized spacial score (nSPS) is 13.0. The van der Waals surface area contributed by atoms with Gasteiger partial charge in [0, 0.05) is 25.0 Å². The summed E-state index contributed by atoms with van der Waals surface area (Å²) < 4.78 is 1.86. The number of nitrogens with one attached hydrogen (secondary N) is 1. The lowest BCUT2D eigenvalue weighted by Gasteiger charge is -2.15. The van der Waals surface area contributed by atoms with Crippen LogP contribution in [0, 0.1) is 0 Å². The molecule has 0 spiro atoms. The molecule has 1 amide bonds. The van der Waals surface area contributed by atoms with Gasteiger partial charge in [0.15, 0.2) is 0 Å². The van der Waals surface area contributed by atoms with Crippen LogP contribution in [0.5, 0.6) is 0 Å². The van der Waals surface area contributed by atoms with Crippen LogP contribution in [0.3, 0.4) is 0 Å². The lowest BCUT2D eigenvalue weighted by molar-refractivity contribution is 0.0940. The highest BCUT2D eigenvalue weighted by Crippen LogP contribution is 2.31. The van der Waals surface area contributed by atoms with Gasteiger partial charge in [-0.25, -0.2) is 0 Å². The molecule has 122 valence electrons. The zero-order valence-corrected chi connectivity index (χ0v) is 14.7. The van der Waals surface area contributed by atoms with Gasteiger partial charge in [-0.2, -0.15) is 5.10 Å². The molecule has 0 saturated heterocycles. The molecular weight excluding hydrogens is 296 g/mol. The average molecular weight is 322 g/mol. The Morgan fingerprint density at radius 2 is 2.23 bits per heavy atom. The highest BCUT2D eigenvalue weighted by molar-refractivity contribution is 7.20. The fraction of sp³-hybridized carbons (Fsp3) is 0.625. The molecule has 0 aromatic carbocycles. The molecule has 2 aromatic heterocycles. The maximum atomic E-state index is 12.5. The Morgan fingerprint density at radius 3 is 2.82 bits per heavy atom. The van der Waals surface area contributed by atoms with Crippen LogP contribution in [0.4, 0.5) is 0 Å².